The van der Waals surface area contributed by atoms with Crippen LogP contribution in [0.1, 0.15) is 6.92 Å². The van der Waals surface area contributed by atoms with Crippen LogP contribution in [-0.4, -0.2) is 28.6 Å². The third kappa shape index (κ3) is 3.80. The zero-order valence-electron chi connectivity index (χ0n) is 10.9. The molecule has 6 nitrogen and oxygen atoms in total. The van der Waals surface area contributed by atoms with Gasteiger partial charge in [-0.15, -0.1) is 0 Å². The number of halogens is 2. The maximum Gasteiger partial charge on any atom is 0.322 e. The highest BCUT2D eigenvalue weighted by Crippen LogP contribution is 2.28. The van der Waals surface area contributed by atoms with Crippen LogP contribution in [0, 0.1) is 0 Å². The van der Waals surface area contributed by atoms with Crippen molar-refractivity contribution < 1.29 is 4.74 Å². The Hall–Kier alpha value is -1.41. The number of ether oxygens (including phenoxy) is 1. The van der Waals surface area contributed by atoms with Gasteiger partial charge in [-0.1, -0.05) is 15.9 Å². The van der Waals surface area contributed by atoms with Crippen LogP contribution in [0.5, 0.6) is 6.01 Å². The van der Waals surface area contributed by atoms with E-state index >= 15 is 0 Å². The Morgan fingerprint density at radius 3 is 2.55 bits per heavy atom. The van der Waals surface area contributed by atoms with Crippen LogP contribution in [0.3, 0.4) is 0 Å². The molecular weight excluding hydrogens is 390 g/mol. The summed E-state index contributed by atoms with van der Waals surface area (Å²) >= 11 is 6.89. The maximum atomic E-state index is 5.07. The minimum absolute atomic E-state index is 0.256. The molecule has 20 heavy (non-hydrogen) atoms. The second-order valence-electron chi connectivity index (χ2n) is 3.75. The molecule has 0 aliphatic rings. The first-order chi connectivity index (χ1) is 9.62. The van der Waals surface area contributed by atoms with Crippen molar-refractivity contribution >= 4 is 49.4 Å². The van der Waals surface area contributed by atoms with E-state index in [9.17, 15) is 0 Å². The summed E-state index contributed by atoms with van der Waals surface area (Å²) < 4.78 is 6.95. The molecule has 1 aromatic heterocycles. The highest BCUT2D eigenvalue weighted by Gasteiger charge is 2.08. The number of hydrogen-bond acceptors (Lipinski definition) is 6. The molecular formula is C12H13Br2N5O. The van der Waals surface area contributed by atoms with E-state index in [1.54, 1.807) is 0 Å². The molecule has 0 radical (unpaired) electrons. The number of anilines is 3. The monoisotopic (exact) mass is 401 g/mol. The van der Waals surface area contributed by atoms with E-state index in [-0.39, 0.29) is 6.01 Å². The summed E-state index contributed by atoms with van der Waals surface area (Å²) in [6, 6.07) is 6.03. The van der Waals surface area contributed by atoms with Crippen LogP contribution in [-0.2, 0) is 0 Å². The van der Waals surface area contributed by atoms with E-state index in [2.05, 4.69) is 57.4 Å². The fourth-order valence-electron chi connectivity index (χ4n) is 1.45. The van der Waals surface area contributed by atoms with Crippen LogP contribution >= 0.6 is 31.9 Å². The zero-order valence-corrected chi connectivity index (χ0v) is 14.1. The number of methoxy groups -OCH3 is 1. The molecule has 0 saturated heterocycles. The summed E-state index contributed by atoms with van der Waals surface area (Å²) in [7, 11) is 1.52. The Balaban J connectivity index is 2.29. The van der Waals surface area contributed by atoms with Crippen molar-refractivity contribution in [1.29, 1.82) is 0 Å². The Morgan fingerprint density at radius 1 is 1.15 bits per heavy atom. The van der Waals surface area contributed by atoms with Crippen molar-refractivity contribution in [3.8, 4) is 6.01 Å². The molecule has 0 bridgehead atoms. The van der Waals surface area contributed by atoms with Crippen LogP contribution < -0.4 is 15.4 Å². The molecule has 106 valence electrons. The van der Waals surface area contributed by atoms with Gasteiger partial charge in [-0.05, 0) is 41.1 Å². The summed E-state index contributed by atoms with van der Waals surface area (Å²) in [6.07, 6.45) is 0. The highest BCUT2D eigenvalue weighted by atomic mass is 79.9. The molecule has 2 rings (SSSR count). The lowest BCUT2D eigenvalue weighted by Crippen LogP contribution is -2.08. The highest BCUT2D eigenvalue weighted by molar-refractivity contribution is 9.11. The molecule has 0 unspecified atom stereocenters. The summed E-state index contributed by atoms with van der Waals surface area (Å²) in [5.74, 6) is 0.880. The van der Waals surface area contributed by atoms with Crippen LogP contribution in [0.4, 0.5) is 17.6 Å². The van der Waals surface area contributed by atoms with Gasteiger partial charge in [-0.3, -0.25) is 0 Å². The molecule has 1 aromatic carbocycles. The van der Waals surface area contributed by atoms with Gasteiger partial charge in [-0.2, -0.15) is 15.0 Å². The fourth-order valence-corrected chi connectivity index (χ4v) is 2.60. The minimum Gasteiger partial charge on any atom is -0.467 e. The molecule has 8 heteroatoms. The third-order valence-electron chi connectivity index (χ3n) is 2.31. The SMILES string of the molecule is CCNc1nc(Nc2ccc(Br)cc2Br)nc(OC)n1. The smallest absolute Gasteiger partial charge is 0.322 e. The summed E-state index contributed by atoms with van der Waals surface area (Å²) in [4.78, 5) is 12.5. The molecule has 0 atom stereocenters. The molecule has 1 heterocycles. The van der Waals surface area contributed by atoms with Gasteiger partial charge in [0, 0.05) is 15.5 Å². The van der Waals surface area contributed by atoms with Crippen molar-refractivity contribution in [1.82, 2.24) is 15.0 Å². The number of benzene rings is 1. The largest absolute Gasteiger partial charge is 0.467 e. The van der Waals surface area contributed by atoms with Gasteiger partial charge < -0.3 is 15.4 Å². The second kappa shape index (κ2) is 6.85. The normalized spacial score (nSPS) is 10.2. The van der Waals surface area contributed by atoms with Gasteiger partial charge >= 0.3 is 6.01 Å². The fraction of sp³-hybridized carbons (Fsp3) is 0.250. The van der Waals surface area contributed by atoms with Crippen molar-refractivity contribution in [2.45, 2.75) is 6.92 Å². The molecule has 0 aliphatic heterocycles. The predicted octanol–water partition coefficient (Wildman–Crippen LogP) is 3.58. The van der Waals surface area contributed by atoms with Crippen LogP contribution in [0.2, 0.25) is 0 Å². The van der Waals surface area contributed by atoms with Crippen molar-refractivity contribution in [2.75, 3.05) is 24.3 Å². The molecule has 0 spiro atoms. The Labute approximate surface area is 133 Å². The number of hydrogen-bond donors (Lipinski definition) is 2. The van der Waals surface area contributed by atoms with Gasteiger partial charge in [0.2, 0.25) is 11.9 Å². The average molecular weight is 403 g/mol. The zero-order chi connectivity index (χ0) is 14.5. The standard InChI is InChI=1S/C12H13Br2N5O/c1-3-15-10-17-11(19-12(18-10)20-2)16-9-5-4-7(13)6-8(9)14/h4-6H,3H2,1-2H3,(H2,15,16,17,18,19). The van der Waals surface area contributed by atoms with E-state index < -0.39 is 0 Å². The van der Waals surface area contributed by atoms with E-state index in [4.69, 9.17) is 4.74 Å². The maximum absolute atomic E-state index is 5.07. The van der Waals surface area contributed by atoms with Gasteiger partial charge in [0.1, 0.15) is 0 Å². The quantitative estimate of drug-likeness (QED) is 0.796. The number of aromatic nitrogens is 3. The van der Waals surface area contributed by atoms with Gasteiger partial charge in [-0.25, -0.2) is 0 Å². The topological polar surface area (TPSA) is 72.0 Å². The van der Waals surface area contributed by atoms with E-state index in [0.29, 0.717) is 18.4 Å². The Bertz CT molecular complexity index is 608. The summed E-state index contributed by atoms with van der Waals surface area (Å²) in [5.41, 5.74) is 0.851. The van der Waals surface area contributed by atoms with Crippen molar-refractivity contribution in [2.24, 2.45) is 0 Å². The lowest BCUT2D eigenvalue weighted by atomic mass is 10.3. The van der Waals surface area contributed by atoms with Crippen LogP contribution in [0.25, 0.3) is 0 Å². The molecule has 2 aromatic rings. The van der Waals surface area contributed by atoms with E-state index in [0.717, 1.165) is 14.6 Å². The molecule has 0 aliphatic carbocycles. The molecule has 0 saturated carbocycles. The second-order valence-corrected chi connectivity index (χ2v) is 5.52. The molecule has 2 N–H and O–H groups in total. The van der Waals surface area contributed by atoms with Gasteiger partial charge in [0.15, 0.2) is 0 Å². The van der Waals surface area contributed by atoms with E-state index in [1.165, 1.54) is 7.11 Å². The van der Waals surface area contributed by atoms with Gasteiger partial charge in [0.25, 0.3) is 0 Å². The minimum atomic E-state index is 0.256. The molecule has 0 fully saturated rings. The van der Waals surface area contributed by atoms with Crippen molar-refractivity contribution in [3.63, 3.8) is 0 Å². The molecule has 0 amide bonds. The van der Waals surface area contributed by atoms with Crippen LogP contribution in [0.15, 0.2) is 27.1 Å². The predicted molar refractivity (Wildman–Crippen MR) is 85.7 cm³/mol. The first-order valence-electron chi connectivity index (χ1n) is 5.88. The van der Waals surface area contributed by atoms with Gasteiger partial charge in [0.05, 0.1) is 12.8 Å². The lowest BCUT2D eigenvalue weighted by Gasteiger charge is -2.10. The average Bonchev–Trinajstić information content (AvgIpc) is 2.42. The lowest BCUT2D eigenvalue weighted by molar-refractivity contribution is 0.379. The van der Waals surface area contributed by atoms with Crippen molar-refractivity contribution in [3.05, 3.63) is 27.1 Å². The number of rotatable bonds is 5. The number of nitrogens with zero attached hydrogens (tertiary/aromatic N) is 3. The summed E-state index contributed by atoms with van der Waals surface area (Å²) in [5, 5.41) is 6.15. The summed E-state index contributed by atoms with van der Waals surface area (Å²) in [6.45, 7) is 2.68. The Kier molecular flexibility index (Phi) is 5.13. The number of nitrogens with one attached hydrogen (secondary N) is 2. The third-order valence-corrected chi connectivity index (χ3v) is 3.46. The first-order valence-corrected chi connectivity index (χ1v) is 7.47. The first kappa shape index (κ1) is 15.0. The van der Waals surface area contributed by atoms with E-state index in [1.807, 2.05) is 25.1 Å². The Morgan fingerprint density at radius 2 is 1.90 bits per heavy atom.